The highest BCUT2D eigenvalue weighted by molar-refractivity contribution is 9.10. The molecule has 0 saturated heterocycles. The van der Waals surface area contributed by atoms with Crippen LogP contribution in [0.25, 0.3) is 27.8 Å². The molecule has 1 nitrogen and oxygen atoms in total. The van der Waals surface area contributed by atoms with E-state index in [0.717, 1.165) is 28.7 Å². The number of nitrogens with zero attached hydrogens (tertiary/aromatic N) is 1. The average molecular weight is 595 g/mol. The highest BCUT2D eigenvalue weighted by Gasteiger charge is 2.39. The van der Waals surface area contributed by atoms with Crippen LogP contribution in [0.5, 0.6) is 0 Å². The van der Waals surface area contributed by atoms with Crippen LogP contribution in [0.2, 0.25) is 0 Å². The van der Waals surface area contributed by atoms with Gasteiger partial charge in [-0.15, -0.1) is 0 Å². The van der Waals surface area contributed by atoms with Gasteiger partial charge in [-0.05, 0) is 88.2 Å². The summed E-state index contributed by atoms with van der Waals surface area (Å²) in [6.07, 6.45) is 9.09. The van der Waals surface area contributed by atoms with E-state index >= 15 is 0 Å². The van der Waals surface area contributed by atoms with Crippen molar-refractivity contribution in [3.05, 3.63) is 155 Å². The van der Waals surface area contributed by atoms with Gasteiger partial charge in [0, 0.05) is 26.8 Å². The summed E-state index contributed by atoms with van der Waals surface area (Å²) in [4.78, 5) is 2.42. The third-order valence-corrected chi connectivity index (χ3v) is 9.22. The molecule has 2 aliphatic rings. The first-order valence-electron chi connectivity index (χ1n) is 14.4. The summed E-state index contributed by atoms with van der Waals surface area (Å²) in [7, 11) is 0. The number of allylic oxidation sites excluding steroid dienone is 4. The second kappa shape index (κ2) is 10.4. The summed E-state index contributed by atoms with van der Waals surface area (Å²) >= 11 is 3.94. The highest BCUT2D eigenvalue weighted by Crippen LogP contribution is 2.56. The van der Waals surface area contributed by atoms with Gasteiger partial charge in [-0.2, -0.15) is 0 Å². The van der Waals surface area contributed by atoms with Crippen molar-refractivity contribution >= 4 is 38.6 Å². The smallest absolute Gasteiger partial charge is 0.0544 e. The Balaban J connectivity index is 1.41. The molecule has 0 N–H and O–H groups in total. The lowest BCUT2D eigenvalue weighted by Gasteiger charge is -2.30. The van der Waals surface area contributed by atoms with E-state index in [2.05, 4.69) is 168 Å². The SMILES string of the molecule is CC1(C)c2ccccc2-c2c(N(c3ccc(C4=CCCC=C4)cc3)c3ccc(-c4ccccc4)cc3)ccc(Br)c21. The minimum atomic E-state index is -0.104. The zero-order valence-corrected chi connectivity index (χ0v) is 25.0. The molecule has 0 spiro atoms. The Morgan fingerprint density at radius 3 is 1.95 bits per heavy atom. The molecule has 2 heteroatoms. The van der Waals surface area contributed by atoms with Crippen molar-refractivity contribution in [3.63, 3.8) is 0 Å². The van der Waals surface area contributed by atoms with E-state index in [4.69, 9.17) is 0 Å². The topological polar surface area (TPSA) is 3.24 Å². The maximum atomic E-state index is 3.94. The molecule has 0 aromatic heterocycles. The van der Waals surface area contributed by atoms with Crippen molar-refractivity contribution in [2.45, 2.75) is 32.1 Å². The Bertz CT molecular complexity index is 1790. The first-order chi connectivity index (χ1) is 20.0. The number of hydrogen-bond donors (Lipinski definition) is 0. The van der Waals surface area contributed by atoms with Gasteiger partial charge in [-0.25, -0.2) is 0 Å². The zero-order valence-electron chi connectivity index (χ0n) is 23.4. The summed E-state index contributed by atoms with van der Waals surface area (Å²) < 4.78 is 1.16. The lowest BCUT2D eigenvalue weighted by Crippen LogP contribution is -2.17. The largest absolute Gasteiger partial charge is 0.310 e. The number of benzene rings is 5. The molecule has 0 atom stereocenters. The van der Waals surface area contributed by atoms with E-state index in [9.17, 15) is 0 Å². The third-order valence-electron chi connectivity index (χ3n) is 8.55. The van der Waals surface area contributed by atoms with Gasteiger partial charge in [-0.1, -0.05) is 127 Å². The minimum Gasteiger partial charge on any atom is -0.310 e. The van der Waals surface area contributed by atoms with Crippen LogP contribution in [0.1, 0.15) is 43.4 Å². The van der Waals surface area contributed by atoms with Crippen LogP contribution in [0.3, 0.4) is 0 Å². The number of halogens is 1. The maximum Gasteiger partial charge on any atom is 0.0544 e. The van der Waals surface area contributed by atoms with E-state index < -0.39 is 0 Å². The normalized spacial score (nSPS) is 14.8. The molecule has 0 bridgehead atoms. The lowest BCUT2D eigenvalue weighted by atomic mass is 9.82. The molecule has 2 aliphatic carbocycles. The molecule has 0 aliphatic heterocycles. The highest BCUT2D eigenvalue weighted by atomic mass is 79.9. The van der Waals surface area contributed by atoms with Crippen molar-refractivity contribution in [3.8, 4) is 22.3 Å². The fourth-order valence-electron chi connectivity index (χ4n) is 6.51. The van der Waals surface area contributed by atoms with E-state index in [1.807, 2.05) is 0 Å². The quantitative estimate of drug-likeness (QED) is 0.196. The van der Waals surface area contributed by atoms with Crippen molar-refractivity contribution < 1.29 is 0 Å². The third kappa shape index (κ3) is 4.47. The Morgan fingerprint density at radius 2 is 1.27 bits per heavy atom. The van der Waals surface area contributed by atoms with Gasteiger partial charge in [0.2, 0.25) is 0 Å². The predicted molar refractivity (Wildman–Crippen MR) is 178 cm³/mol. The van der Waals surface area contributed by atoms with Gasteiger partial charge < -0.3 is 4.90 Å². The van der Waals surface area contributed by atoms with Gasteiger partial charge in [0.25, 0.3) is 0 Å². The molecule has 0 heterocycles. The van der Waals surface area contributed by atoms with E-state index in [-0.39, 0.29) is 5.41 Å². The average Bonchev–Trinajstić information content (AvgIpc) is 3.27. The van der Waals surface area contributed by atoms with Crippen LogP contribution in [-0.2, 0) is 5.41 Å². The first kappa shape index (κ1) is 25.8. The van der Waals surface area contributed by atoms with Gasteiger partial charge in [-0.3, -0.25) is 0 Å². The van der Waals surface area contributed by atoms with Crippen molar-refractivity contribution in [1.82, 2.24) is 0 Å². The maximum absolute atomic E-state index is 3.94. The molecule has 5 aromatic carbocycles. The van der Waals surface area contributed by atoms with Crippen LogP contribution in [0.4, 0.5) is 17.1 Å². The number of anilines is 3. The summed E-state index contributed by atoms with van der Waals surface area (Å²) in [6.45, 7) is 4.68. The van der Waals surface area contributed by atoms with Crippen LogP contribution >= 0.6 is 15.9 Å². The van der Waals surface area contributed by atoms with Crippen LogP contribution in [0, 0.1) is 0 Å². The molecule has 0 unspecified atom stereocenters. The molecule has 7 rings (SSSR count). The van der Waals surface area contributed by atoms with Crippen LogP contribution < -0.4 is 4.90 Å². The van der Waals surface area contributed by atoms with Crippen molar-refractivity contribution in [2.75, 3.05) is 4.90 Å². The number of hydrogen-bond acceptors (Lipinski definition) is 1. The molecule has 0 fully saturated rings. The molecular formula is C39H32BrN. The van der Waals surface area contributed by atoms with Gasteiger partial charge in [0.1, 0.15) is 0 Å². The second-order valence-corrected chi connectivity index (χ2v) is 12.3. The van der Waals surface area contributed by atoms with E-state index in [1.54, 1.807) is 0 Å². The van der Waals surface area contributed by atoms with Crippen molar-refractivity contribution in [1.29, 1.82) is 0 Å². The summed E-state index contributed by atoms with van der Waals surface area (Å²) in [6, 6.07) is 42.0. The Kier molecular flexibility index (Phi) is 6.52. The second-order valence-electron chi connectivity index (χ2n) is 11.4. The fraction of sp³-hybridized carbons (Fsp3) is 0.128. The number of fused-ring (bicyclic) bond motifs is 3. The monoisotopic (exact) mass is 593 g/mol. The van der Waals surface area contributed by atoms with Crippen molar-refractivity contribution in [2.24, 2.45) is 0 Å². The lowest BCUT2D eigenvalue weighted by molar-refractivity contribution is 0.657. The minimum absolute atomic E-state index is 0.104. The summed E-state index contributed by atoms with van der Waals surface area (Å²) in [5.74, 6) is 0. The van der Waals surface area contributed by atoms with Gasteiger partial charge >= 0.3 is 0 Å². The summed E-state index contributed by atoms with van der Waals surface area (Å²) in [5.41, 5.74) is 13.7. The zero-order chi connectivity index (χ0) is 28.0. The van der Waals surface area contributed by atoms with E-state index in [1.165, 1.54) is 50.2 Å². The first-order valence-corrected chi connectivity index (χ1v) is 15.2. The fourth-order valence-corrected chi connectivity index (χ4v) is 7.33. The molecule has 0 amide bonds. The van der Waals surface area contributed by atoms with Gasteiger partial charge in [0.15, 0.2) is 0 Å². The molecular weight excluding hydrogens is 562 g/mol. The molecule has 200 valence electrons. The summed E-state index contributed by atoms with van der Waals surface area (Å²) in [5, 5.41) is 0. The standard InChI is InChI=1S/C39H32BrN/c1-39(2)34-16-10-9-15-33(34)37-36(26-25-35(40)38(37)39)41(31-21-17-29(18-22-31)27-11-5-3-6-12-27)32-23-19-30(20-24-32)28-13-7-4-8-14-28/h3,5-7,9-26H,4,8H2,1-2H3. The van der Waals surface area contributed by atoms with Crippen LogP contribution in [0.15, 0.2) is 138 Å². The molecule has 0 radical (unpaired) electrons. The predicted octanol–water partition coefficient (Wildman–Crippen LogP) is 11.6. The van der Waals surface area contributed by atoms with Gasteiger partial charge in [0.05, 0.1) is 5.69 Å². The molecule has 41 heavy (non-hydrogen) atoms. The van der Waals surface area contributed by atoms with E-state index in [0.29, 0.717) is 0 Å². The molecule has 5 aromatic rings. The Morgan fingerprint density at radius 1 is 0.634 bits per heavy atom. The Hall–Kier alpha value is -4.14. The number of rotatable bonds is 5. The van der Waals surface area contributed by atoms with Crippen LogP contribution in [-0.4, -0.2) is 0 Å². The Labute approximate surface area is 251 Å². The molecule has 0 saturated carbocycles.